The molecule has 0 spiro atoms. The van der Waals surface area contributed by atoms with Crippen LogP contribution in [-0.4, -0.2) is 30.2 Å². The molecule has 0 fully saturated rings. The van der Waals surface area contributed by atoms with Crippen molar-refractivity contribution in [2.45, 2.75) is 33.7 Å². The van der Waals surface area contributed by atoms with Gasteiger partial charge in [0.25, 0.3) is 5.91 Å². The Labute approximate surface area is 159 Å². The summed E-state index contributed by atoms with van der Waals surface area (Å²) in [4.78, 5) is 23.3. The first kappa shape index (κ1) is 20.3. The van der Waals surface area contributed by atoms with Crippen molar-refractivity contribution < 1.29 is 24.2 Å². The molecule has 144 valence electrons. The SMILES string of the molecule is CCOc1cc(C(=O)NC(C)c2ccc(C)c(C)c2)ccc1OCC(=O)O. The summed E-state index contributed by atoms with van der Waals surface area (Å²) >= 11 is 0. The second kappa shape index (κ2) is 9.07. The van der Waals surface area contributed by atoms with Gasteiger partial charge in [-0.25, -0.2) is 4.79 Å². The number of ether oxygens (including phenoxy) is 2. The number of hydrogen-bond donors (Lipinski definition) is 2. The van der Waals surface area contributed by atoms with E-state index in [-0.39, 0.29) is 17.7 Å². The minimum absolute atomic E-state index is 0.157. The van der Waals surface area contributed by atoms with Gasteiger partial charge in [0.05, 0.1) is 12.6 Å². The van der Waals surface area contributed by atoms with E-state index in [4.69, 9.17) is 14.6 Å². The molecule has 1 unspecified atom stereocenters. The van der Waals surface area contributed by atoms with Crippen molar-refractivity contribution in [2.24, 2.45) is 0 Å². The van der Waals surface area contributed by atoms with Crippen LogP contribution in [-0.2, 0) is 4.79 Å². The molecule has 1 atom stereocenters. The van der Waals surface area contributed by atoms with Gasteiger partial charge in [0.15, 0.2) is 18.1 Å². The molecule has 0 saturated carbocycles. The van der Waals surface area contributed by atoms with Crippen LogP contribution in [0.3, 0.4) is 0 Å². The minimum Gasteiger partial charge on any atom is -0.490 e. The highest BCUT2D eigenvalue weighted by molar-refractivity contribution is 5.95. The quantitative estimate of drug-likeness (QED) is 0.740. The van der Waals surface area contributed by atoms with Crippen LogP contribution in [0, 0.1) is 13.8 Å². The lowest BCUT2D eigenvalue weighted by Crippen LogP contribution is -2.26. The molecular formula is C21H25NO5. The van der Waals surface area contributed by atoms with Crippen molar-refractivity contribution in [2.75, 3.05) is 13.2 Å². The van der Waals surface area contributed by atoms with Gasteiger partial charge in [0.2, 0.25) is 0 Å². The summed E-state index contributed by atoms with van der Waals surface area (Å²) in [6, 6.07) is 10.6. The van der Waals surface area contributed by atoms with Crippen molar-refractivity contribution >= 4 is 11.9 Å². The number of hydrogen-bond acceptors (Lipinski definition) is 4. The van der Waals surface area contributed by atoms with E-state index in [1.165, 1.54) is 11.1 Å². The Morgan fingerprint density at radius 1 is 1.04 bits per heavy atom. The Balaban J connectivity index is 2.15. The van der Waals surface area contributed by atoms with Gasteiger partial charge in [-0.2, -0.15) is 0 Å². The Morgan fingerprint density at radius 2 is 1.78 bits per heavy atom. The number of rotatable bonds is 8. The number of carboxylic acid groups (broad SMARTS) is 1. The number of amides is 1. The lowest BCUT2D eigenvalue weighted by Gasteiger charge is -2.17. The van der Waals surface area contributed by atoms with Gasteiger partial charge in [-0.15, -0.1) is 0 Å². The van der Waals surface area contributed by atoms with E-state index >= 15 is 0 Å². The number of aliphatic carboxylic acids is 1. The van der Waals surface area contributed by atoms with Crippen LogP contribution in [0.4, 0.5) is 0 Å². The van der Waals surface area contributed by atoms with Gasteiger partial charge in [-0.05, 0) is 62.6 Å². The van der Waals surface area contributed by atoms with E-state index in [0.29, 0.717) is 17.9 Å². The highest BCUT2D eigenvalue weighted by Crippen LogP contribution is 2.29. The second-order valence-electron chi connectivity index (χ2n) is 6.32. The van der Waals surface area contributed by atoms with E-state index < -0.39 is 12.6 Å². The third-order valence-corrected chi connectivity index (χ3v) is 4.24. The van der Waals surface area contributed by atoms with Crippen molar-refractivity contribution in [3.8, 4) is 11.5 Å². The molecule has 6 heteroatoms. The fourth-order valence-electron chi connectivity index (χ4n) is 2.57. The molecule has 2 rings (SSSR count). The van der Waals surface area contributed by atoms with E-state index in [2.05, 4.69) is 11.4 Å². The number of carboxylic acids is 1. The maximum absolute atomic E-state index is 12.6. The van der Waals surface area contributed by atoms with Gasteiger partial charge in [-0.1, -0.05) is 18.2 Å². The average molecular weight is 371 g/mol. The predicted molar refractivity (Wildman–Crippen MR) is 103 cm³/mol. The molecule has 0 saturated heterocycles. The highest BCUT2D eigenvalue weighted by atomic mass is 16.5. The minimum atomic E-state index is -1.08. The highest BCUT2D eigenvalue weighted by Gasteiger charge is 2.15. The largest absolute Gasteiger partial charge is 0.490 e. The molecule has 1 amide bonds. The Morgan fingerprint density at radius 3 is 2.41 bits per heavy atom. The maximum Gasteiger partial charge on any atom is 0.341 e. The number of nitrogens with one attached hydrogen (secondary N) is 1. The first-order chi connectivity index (χ1) is 12.8. The van der Waals surface area contributed by atoms with Gasteiger partial charge in [-0.3, -0.25) is 4.79 Å². The Bertz CT molecular complexity index is 831. The average Bonchev–Trinajstić information content (AvgIpc) is 2.62. The summed E-state index contributed by atoms with van der Waals surface area (Å²) in [5.41, 5.74) is 3.82. The Hall–Kier alpha value is -3.02. The molecule has 0 aromatic heterocycles. The molecule has 0 radical (unpaired) electrons. The fourth-order valence-corrected chi connectivity index (χ4v) is 2.57. The first-order valence-corrected chi connectivity index (χ1v) is 8.81. The van der Waals surface area contributed by atoms with Crippen molar-refractivity contribution in [1.82, 2.24) is 5.32 Å². The normalized spacial score (nSPS) is 11.6. The summed E-state index contributed by atoms with van der Waals surface area (Å²) < 4.78 is 10.7. The molecule has 27 heavy (non-hydrogen) atoms. The molecule has 0 aliphatic heterocycles. The smallest absolute Gasteiger partial charge is 0.341 e. The lowest BCUT2D eigenvalue weighted by molar-refractivity contribution is -0.139. The number of carbonyl (C=O) groups excluding carboxylic acids is 1. The van der Waals surface area contributed by atoms with Crippen LogP contribution >= 0.6 is 0 Å². The lowest BCUT2D eigenvalue weighted by atomic mass is 10.0. The third-order valence-electron chi connectivity index (χ3n) is 4.24. The summed E-state index contributed by atoms with van der Waals surface area (Å²) in [6.07, 6.45) is 0. The van der Waals surface area contributed by atoms with Gasteiger partial charge < -0.3 is 19.9 Å². The maximum atomic E-state index is 12.6. The van der Waals surface area contributed by atoms with E-state index in [9.17, 15) is 9.59 Å². The van der Waals surface area contributed by atoms with Crippen molar-refractivity contribution in [3.05, 3.63) is 58.7 Å². The summed E-state index contributed by atoms with van der Waals surface area (Å²) in [5, 5.41) is 11.7. The molecular weight excluding hydrogens is 346 g/mol. The molecule has 0 aliphatic carbocycles. The summed E-state index contributed by atoms with van der Waals surface area (Å²) in [6.45, 7) is 7.71. The van der Waals surface area contributed by atoms with E-state index in [1.54, 1.807) is 25.1 Å². The van der Waals surface area contributed by atoms with Crippen molar-refractivity contribution in [1.29, 1.82) is 0 Å². The van der Waals surface area contributed by atoms with E-state index in [0.717, 1.165) is 5.56 Å². The van der Waals surface area contributed by atoms with Gasteiger partial charge >= 0.3 is 5.97 Å². The van der Waals surface area contributed by atoms with Crippen molar-refractivity contribution in [3.63, 3.8) is 0 Å². The summed E-state index contributed by atoms with van der Waals surface area (Å²) in [7, 11) is 0. The second-order valence-corrected chi connectivity index (χ2v) is 6.32. The van der Waals surface area contributed by atoms with Crippen LogP contribution in [0.25, 0.3) is 0 Å². The first-order valence-electron chi connectivity index (χ1n) is 8.81. The zero-order valence-corrected chi connectivity index (χ0v) is 16.0. The fraction of sp³-hybridized carbons (Fsp3) is 0.333. The topological polar surface area (TPSA) is 84.9 Å². The molecule has 2 aromatic rings. The zero-order valence-electron chi connectivity index (χ0n) is 16.0. The van der Waals surface area contributed by atoms with Crippen LogP contribution in [0.2, 0.25) is 0 Å². The molecule has 2 N–H and O–H groups in total. The Kier molecular flexibility index (Phi) is 6.82. The molecule has 2 aromatic carbocycles. The predicted octanol–water partition coefficient (Wildman–Crippen LogP) is 3.66. The molecule has 0 heterocycles. The number of carbonyl (C=O) groups is 2. The van der Waals surface area contributed by atoms with Crippen LogP contribution < -0.4 is 14.8 Å². The number of benzene rings is 2. The zero-order chi connectivity index (χ0) is 20.0. The monoisotopic (exact) mass is 371 g/mol. The van der Waals surface area contributed by atoms with Crippen LogP contribution in [0.1, 0.15) is 46.9 Å². The molecule has 6 nitrogen and oxygen atoms in total. The number of aryl methyl sites for hydroxylation is 2. The van der Waals surface area contributed by atoms with Gasteiger partial charge in [0.1, 0.15) is 0 Å². The van der Waals surface area contributed by atoms with E-state index in [1.807, 2.05) is 32.9 Å². The summed E-state index contributed by atoms with van der Waals surface area (Å²) in [5.74, 6) is -0.698. The van der Waals surface area contributed by atoms with Crippen LogP contribution in [0.15, 0.2) is 36.4 Å². The van der Waals surface area contributed by atoms with Crippen LogP contribution in [0.5, 0.6) is 11.5 Å². The molecule has 0 bridgehead atoms. The molecule has 0 aliphatic rings. The third kappa shape index (κ3) is 5.48. The van der Waals surface area contributed by atoms with Gasteiger partial charge in [0, 0.05) is 5.56 Å². The standard InChI is InChI=1S/C21H25NO5/c1-5-26-19-11-17(8-9-18(19)27-12-20(23)24)21(25)22-15(4)16-7-6-13(2)14(3)10-16/h6-11,15H,5,12H2,1-4H3,(H,22,25)(H,23,24).